The second-order valence-electron chi connectivity index (χ2n) is 4.54. The highest BCUT2D eigenvalue weighted by molar-refractivity contribution is 4.91. The van der Waals surface area contributed by atoms with Crippen LogP contribution in [0, 0.1) is 5.92 Å². The second kappa shape index (κ2) is 4.80. The molecule has 0 amide bonds. The van der Waals surface area contributed by atoms with Crippen molar-refractivity contribution in [3.63, 3.8) is 0 Å². The van der Waals surface area contributed by atoms with E-state index in [1.54, 1.807) is 0 Å². The molecule has 2 rings (SSSR count). The highest BCUT2D eigenvalue weighted by Gasteiger charge is 2.16. The van der Waals surface area contributed by atoms with E-state index < -0.39 is 0 Å². The molecule has 2 aliphatic carbocycles. The van der Waals surface area contributed by atoms with E-state index in [2.05, 4.69) is 17.5 Å². The highest BCUT2D eigenvalue weighted by atomic mass is 14.9. The van der Waals surface area contributed by atoms with Crippen LogP contribution < -0.4 is 5.32 Å². The third-order valence-corrected chi connectivity index (χ3v) is 3.43. The van der Waals surface area contributed by atoms with Crippen molar-refractivity contribution in [3.8, 4) is 0 Å². The van der Waals surface area contributed by atoms with Crippen molar-refractivity contribution in [2.24, 2.45) is 5.92 Å². The van der Waals surface area contributed by atoms with E-state index in [0.717, 1.165) is 12.0 Å². The molecule has 1 atom stereocenters. The molecule has 1 nitrogen and oxygen atoms in total. The van der Waals surface area contributed by atoms with Crippen LogP contribution >= 0.6 is 0 Å². The van der Waals surface area contributed by atoms with Crippen molar-refractivity contribution in [3.05, 3.63) is 12.2 Å². The van der Waals surface area contributed by atoms with Gasteiger partial charge in [-0.25, -0.2) is 0 Å². The first-order chi connectivity index (χ1) is 6.45. The first-order valence-corrected chi connectivity index (χ1v) is 5.83. The Morgan fingerprint density at radius 2 is 1.92 bits per heavy atom. The summed E-state index contributed by atoms with van der Waals surface area (Å²) in [4.78, 5) is 0. The van der Waals surface area contributed by atoms with Crippen molar-refractivity contribution < 1.29 is 0 Å². The molecule has 0 saturated heterocycles. The Labute approximate surface area is 81.6 Å². The summed E-state index contributed by atoms with van der Waals surface area (Å²) in [5.74, 6) is 0.922. The average molecular weight is 179 g/mol. The number of hydrogen-bond acceptors (Lipinski definition) is 1. The zero-order chi connectivity index (χ0) is 8.93. The molecule has 0 aromatic rings. The van der Waals surface area contributed by atoms with Gasteiger partial charge in [0.1, 0.15) is 0 Å². The van der Waals surface area contributed by atoms with Crippen LogP contribution in [0.5, 0.6) is 0 Å². The van der Waals surface area contributed by atoms with Crippen LogP contribution in [0.25, 0.3) is 0 Å². The largest absolute Gasteiger partial charge is 0.314 e. The quantitative estimate of drug-likeness (QED) is 0.657. The first kappa shape index (κ1) is 9.26. The maximum atomic E-state index is 3.72. The first-order valence-electron chi connectivity index (χ1n) is 5.83. The molecule has 1 N–H and O–H groups in total. The number of hydrogen-bond donors (Lipinski definition) is 1. The van der Waals surface area contributed by atoms with Crippen LogP contribution in [0.15, 0.2) is 12.2 Å². The van der Waals surface area contributed by atoms with E-state index in [9.17, 15) is 0 Å². The summed E-state index contributed by atoms with van der Waals surface area (Å²) in [7, 11) is 0. The molecule has 0 aromatic carbocycles. The van der Waals surface area contributed by atoms with Crippen LogP contribution in [-0.4, -0.2) is 12.6 Å². The number of rotatable bonds is 3. The fourth-order valence-corrected chi connectivity index (χ4v) is 2.50. The van der Waals surface area contributed by atoms with Gasteiger partial charge in [-0.1, -0.05) is 25.0 Å². The van der Waals surface area contributed by atoms with Gasteiger partial charge in [0.2, 0.25) is 0 Å². The van der Waals surface area contributed by atoms with Crippen molar-refractivity contribution in [2.75, 3.05) is 6.54 Å². The third kappa shape index (κ3) is 2.84. The Morgan fingerprint density at radius 3 is 2.62 bits per heavy atom. The van der Waals surface area contributed by atoms with Crippen molar-refractivity contribution in [2.45, 2.75) is 51.0 Å². The summed E-state index contributed by atoms with van der Waals surface area (Å²) in [6, 6.07) is 0.853. The van der Waals surface area contributed by atoms with Gasteiger partial charge in [-0.3, -0.25) is 0 Å². The van der Waals surface area contributed by atoms with Crippen LogP contribution in [0.2, 0.25) is 0 Å². The molecule has 13 heavy (non-hydrogen) atoms. The molecule has 0 aromatic heterocycles. The third-order valence-electron chi connectivity index (χ3n) is 3.43. The molecular weight excluding hydrogens is 158 g/mol. The summed E-state index contributed by atoms with van der Waals surface area (Å²) in [6.07, 6.45) is 14.4. The smallest absolute Gasteiger partial charge is 0.00671 e. The van der Waals surface area contributed by atoms with Gasteiger partial charge >= 0.3 is 0 Å². The van der Waals surface area contributed by atoms with Gasteiger partial charge in [0.05, 0.1) is 0 Å². The molecule has 1 heteroatoms. The van der Waals surface area contributed by atoms with E-state index in [1.165, 1.54) is 51.5 Å². The Bertz CT molecular complexity index is 168. The molecule has 0 radical (unpaired) electrons. The predicted molar refractivity (Wildman–Crippen MR) is 56.7 cm³/mol. The Morgan fingerprint density at radius 1 is 1.08 bits per heavy atom. The summed E-state index contributed by atoms with van der Waals surface area (Å²) >= 11 is 0. The maximum absolute atomic E-state index is 3.72. The van der Waals surface area contributed by atoms with E-state index >= 15 is 0 Å². The number of allylic oxidation sites excluding steroid dienone is 2. The van der Waals surface area contributed by atoms with Crippen LogP contribution in [-0.2, 0) is 0 Å². The Kier molecular flexibility index (Phi) is 3.42. The molecule has 1 unspecified atom stereocenters. The summed E-state index contributed by atoms with van der Waals surface area (Å²) in [5.41, 5.74) is 0. The maximum Gasteiger partial charge on any atom is 0.00671 e. The van der Waals surface area contributed by atoms with E-state index in [4.69, 9.17) is 0 Å². The van der Waals surface area contributed by atoms with Gasteiger partial charge in [0, 0.05) is 6.04 Å². The topological polar surface area (TPSA) is 12.0 Å². The zero-order valence-electron chi connectivity index (χ0n) is 8.47. The van der Waals surface area contributed by atoms with Crippen molar-refractivity contribution in [1.29, 1.82) is 0 Å². The Hall–Kier alpha value is -0.300. The summed E-state index contributed by atoms with van der Waals surface area (Å²) in [5, 5.41) is 3.72. The summed E-state index contributed by atoms with van der Waals surface area (Å²) < 4.78 is 0. The molecule has 2 aliphatic rings. The van der Waals surface area contributed by atoms with E-state index in [0.29, 0.717) is 0 Å². The van der Waals surface area contributed by atoms with Gasteiger partial charge in [0.25, 0.3) is 0 Å². The zero-order valence-corrected chi connectivity index (χ0v) is 8.47. The molecule has 0 heterocycles. The molecule has 0 bridgehead atoms. The van der Waals surface area contributed by atoms with Gasteiger partial charge < -0.3 is 5.32 Å². The monoisotopic (exact) mass is 179 g/mol. The standard InChI is InChI=1S/C12H21N/c1-2-6-11(7-3-1)10-13-12-8-4-5-9-12/h1-2,11-13H,3-10H2. The minimum Gasteiger partial charge on any atom is -0.314 e. The van der Waals surface area contributed by atoms with Crippen LogP contribution in [0.3, 0.4) is 0 Å². The molecule has 1 fully saturated rings. The molecular formula is C12H21N. The van der Waals surface area contributed by atoms with Gasteiger partial charge in [-0.2, -0.15) is 0 Å². The van der Waals surface area contributed by atoms with E-state index in [-0.39, 0.29) is 0 Å². The van der Waals surface area contributed by atoms with Crippen LogP contribution in [0.1, 0.15) is 44.9 Å². The van der Waals surface area contributed by atoms with Crippen LogP contribution in [0.4, 0.5) is 0 Å². The lowest BCUT2D eigenvalue weighted by Gasteiger charge is -2.20. The minimum absolute atomic E-state index is 0.853. The lowest BCUT2D eigenvalue weighted by atomic mass is 9.94. The van der Waals surface area contributed by atoms with Crippen molar-refractivity contribution in [1.82, 2.24) is 5.32 Å². The van der Waals surface area contributed by atoms with Gasteiger partial charge in [0.15, 0.2) is 0 Å². The predicted octanol–water partition coefficient (Wildman–Crippen LogP) is 2.87. The second-order valence-corrected chi connectivity index (χ2v) is 4.54. The number of nitrogens with one attached hydrogen (secondary N) is 1. The fourth-order valence-electron chi connectivity index (χ4n) is 2.50. The SMILES string of the molecule is C1=CCC(CNC2CCCC2)CC1. The van der Waals surface area contributed by atoms with E-state index in [1.807, 2.05) is 0 Å². The fraction of sp³-hybridized carbons (Fsp3) is 0.833. The molecule has 1 saturated carbocycles. The lowest BCUT2D eigenvalue weighted by molar-refractivity contribution is 0.403. The molecule has 74 valence electrons. The Balaban J connectivity index is 1.63. The molecule has 0 spiro atoms. The highest BCUT2D eigenvalue weighted by Crippen LogP contribution is 2.20. The van der Waals surface area contributed by atoms with Gasteiger partial charge in [-0.05, 0) is 44.6 Å². The lowest BCUT2D eigenvalue weighted by Crippen LogP contribution is -2.31. The molecule has 0 aliphatic heterocycles. The average Bonchev–Trinajstić information content (AvgIpc) is 2.69. The van der Waals surface area contributed by atoms with Crippen molar-refractivity contribution >= 4 is 0 Å². The van der Waals surface area contributed by atoms with Gasteiger partial charge in [-0.15, -0.1) is 0 Å². The normalized spacial score (nSPS) is 29.7. The summed E-state index contributed by atoms with van der Waals surface area (Å²) in [6.45, 7) is 1.26. The minimum atomic E-state index is 0.853.